The molecule has 3 aromatic carbocycles. The Morgan fingerprint density at radius 2 is 1.70 bits per heavy atom. The number of nitrogens with zero attached hydrogens (tertiary/aromatic N) is 2. The molecular weight excluding hydrogens is 378 g/mol. The lowest BCUT2D eigenvalue weighted by Crippen LogP contribution is -2.41. The first-order valence-electron chi connectivity index (χ1n) is 10.3. The Bertz CT molecular complexity index is 1070. The summed E-state index contributed by atoms with van der Waals surface area (Å²) in [4.78, 5) is 25.9. The highest BCUT2D eigenvalue weighted by molar-refractivity contribution is 5.87. The summed E-state index contributed by atoms with van der Waals surface area (Å²) in [5, 5.41) is 16.8. The van der Waals surface area contributed by atoms with Crippen LogP contribution in [0.1, 0.15) is 31.4 Å². The third-order valence-electron chi connectivity index (χ3n) is 5.93. The van der Waals surface area contributed by atoms with Crippen LogP contribution in [-0.2, 0) is 4.79 Å². The van der Waals surface area contributed by atoms with Gasteiger partial charge >= 0.3 is 0 Å². The van der Waals surface area contributed by atoms with Crippen molar-refractivity contribution in [1.29, 1.82) is 0 Å². The molecule has 1 saturated heterocycles. The number of nitrogens with one attached hydrogen (secondary N) is 1. The molecular formula is C24H25N3O3. The van der Waals surface area contributed by atoms with E-state index in [4.69, 9.17) is 0 Å². The Kier molecular flexibility index (Phi) is 5.65. The summed E-state index contributed by atoms with van der Waals surface area (Å²) < 4.78 is 0. The van der Waals surface area contributed by atoms with Crippen LogP contribution in [0, 0.1) is 16.0 Å². The highest BCUT2D eigenvalue weighted by atomic mass is 16.6. The van der Waals surface area contributed by atoms with Crippen molar-refractivity contribution in [2.24, 2.45) is 5.92 Å². The van der Waals surface area contributed by atoms with E-state index >= 15 is 0 Å². The molecule has 154 valence electrons. The number of carbonyl (C=O) groups excluding carboxylic acids is 1. The zero-order valence-electron chi connectivity index (χ0n) is 17.0. The van der Waals surface area contributed by atoms with Gasteiger partial charge < -0.3 is 10.2 Å². The number of rotatable bonds is 5. The lowest BCUT2D eigenvalue weighted by Gasteiger charge is -2.33. The van der Waals surface area contributed by atoms with Crippen molar-refractivity contribution in [2.45, 2.75) is 25.8 Å². The maximum Gasteiger partial charge on any atom is 0.292 e. The Balaban J connectivity index is 1.41. The van der Waals surface area contributed by atoms with Gasteiger partial charge in [-0.05, 0) is 42.2 Å². The molecule has 6 nitrogen and oxygen atoms in total. The van der Waals surface area contributed by atoms with Gasteiger partial charge in [0.25, 0.3) is 5.69 Å². The molecule has 30 heavy (non-hydrogen) atoms. The molecule has 1 atom stereocenters. The van der Waals surface area contributed by atoms with Gasteiger partial charge in [-0.25, -0.2) is 0 Å². The first-order chi connectivity index (χ1) is 14.5. The number of benzene rings is 3. The summed E-state index contributed by atoms with van der Waals surface area (Å²) in [7, 11) is 0. The SMILES string of the molecule is CC(NC(=O)C1CCN(c2ccccc2[N+](=O)[O-])CC1)c1cccc2ccccc12. The first-order valence-corrected chi connectivity index (χ1v) is 10.3. The Morgan fingerprint density at radius 1 is 1.03 bits per heavy atom. The van der Waals surface area contributed by atoms with E-state index in [0.717, 1.165) is 16.3 Å². The molecule has 1 unspecified atom stereocenters. The van der Waals surface area contributed by atoms with Crippen LogP contribution < -0.4 is 10.2 Å². The monoisotopic (exact) mass is 403 g/mol. The number of nitro groups is 1. The van der Waals surface area contributed by atoms with Crippen molar-refractivity contribution in [1.82, 2.24) is 5.32 Å². The zero-order valence-corrected chi connectivity index (χ0v) is 17.0. The van der Waals surface area contributed by atoms with Crippen LogP contribution in [0.15, 0.2) is 66.7 Å². The van der Waals surface area contributed by atoms with E-state index in [1.807, 2.05) is 36.1 Å². The van der Waals surface area contributed by atoms with Crippen molar-refractivity contribution < 1.29 is 9.72 Å². The van der Waals surface area contributed by atoms with Crippen molar-refractivity contribution in [3.8, 4) is 0 Å². The molecule has 0 bridgehead atoms. The number of hydrogen-bond donors (Lipinski definition) is 1. The van der Waals surface area contributed by atoms with Gasteiger partial charge in [0.05, 0.1) is 11.0 Å². The molecule has 1 N–H and O–H groups in total. The molecule has 0 aromatic heterocycles. The van der Waals surface area contributed by atoms with Gasteiger partial charge in [-0.15, -0.1) is 0 Å². The summed E-state index contributed by atoms with van der Waals surface area (Å²) in [6.45, 7) is 3.28. The minimum Gasteiger partial charge on any atom is -0.366 e. The van der Waals surface area contributed by atoms with Gasteiger partial charge in [0.2, 0.25) is 5.91 Å². The second kappa shape index (κ2) is 8.53. The second-order valence-electron chi connectivity index (χ2n) is 7.81. The van der Waals surface area contributed by atoms with Gasteiger partial charge in [0.1, 0.15) is 5.69 Å². The van der Waals surface area contributed by atoms with E-state index in [0.29, 0.717) is 31.6 Å². The molecule has 1 heterocycles. The third kappa shape index (κ3) is 3.99. The Hall–Kier alpha value is -3.41. The molecule has 3 aromatic rings. The van der Waals surface area contributed by atoms with E-state index in [1.165, 1.54) is 6.07 Å². The quantitative estimate of drug-likeness (QED) is 0.488. The van der Waals surface area contributed by atoms with E-state index in [2.05, 4.69) is 29.6 Å². The largest absolute Gasteiger partial charge is 0.366 e. The molecule has 0 spiro atoms. The fourth-order valence-electron chi connectivity index (χ4n) is 4.31. The highest BCUT2D eigenvalue weighted by Gasteiger charge is 2.28. The summed E-state index contributed by atoms with van der Waals surface area (Å²) in [5.74, 6) is -0.0286. The standard InChI is InChI=1S/C24H25N3O3/c1-17(20-10-6-8-18-7-2-3-9-21(18)20)25-24(28)19-13-15-26(16-14-19)22-11-4-5-12-23(22)27(29)30/h2-12,17,19H,13-16H2,1H3,(H,25,28). The van der Waals surface area contributed by atoms with Crippen molar-refractivity contribution in [3.05, 3.63) is 82.4 Å². The molecule has 1 amide bonds. The topological polar surface area (TPSA) is 75.5 Å². The third-order valence-corrected chi connectivity index (χ3v) is 5.93. The van der Waals surface area contributed by atoms with Gasteiger partial charge in [-0.3, -0.25) is 14.9 Å². The van der Waals surface area contributed by atoms with Crippen molar-refractivity contribution in [3.63, 3.8) is 0 Å². The average molecular weight is 403 g/mol. The summed E-state index contributed by atoms with van der Waals surface area (Å²) >= 11 is 0. The predicted molar refractivity (Wildman–Crippen MR) is 119 cm³/mol. The second-order valence-corrected chi connectivity index (χ2v) is 7.81. The Labute approximate surface area is 175 Å². The molecule has 0 radical (unpaired) electrons. The number of piperidine rings is 1. The van der Waals surface area contributed by atoms with Gasteiger partial charge in [0, 0.05) is 25.1 Å². The van der Waals surface area contributed by atoms with E-state index in [1.54, 1.807) is 12.1 Å². The minimum absolute atomic E-state index is 0.0534. The smallest absolute Gasteiger partial charge is 0.292 e. The molecule has 1 fully saturated rings. The van der Waals surface area contributed by atoms with Crippen LogP contribution >= 0.6 is 0 Å². The first kappa shape index (κ1) is 19.9. The van der Waals surface area contributed by atoms with Crippen LogP contribution in [0.3, 0.4) is 0 Å². The summed E-state index contributed by atoms with van der Waals surface area (Å²) in [5.41, 5.74) is 1.86. The highest BCUT2D eigenvalue weighted by Crippen LogP contribution is 2.31. The molecule has 1 aliphatic heterocycles. The number of fused-ring (bicyclic) bond motifs is 1. The van der Waals surface area contributed by atoms with Crippen LogP contribution in [0.25, 0.3) is 10.8 Å². The molecule has 0 aliphatic carbocycles. The maximum atomic E-state index is 12.9. The van der Waals surface area contributed by atoms with E-state index in [9.17, 15) is 14.9 Å². The fraction of sp³-hybridized carbons (Fsp3) is 0.292. The van der Waals surface area contributed by atoms with E-state index < -0.39 is 0 Å². The number of anilines is 1. The van der Waals surface area contributed by atoms with Crippen LogP contribution in [0.5, 0.6) is 0 Å². The van der Waals surface area contributed by atoms with Gasteiger partial charge in [-0.2, -0.15) is 0 Å². The number of amides is 1. The lowest BCUT2D eigenvalue weighted by molar-refractivity contribution is -0.384. The lowest BCUT2D eigenvalue weighted by atomic mass is 9.94. The van der Waals surface area contributed by atoms with Crippen LogP contribution in [-0.4, -0.2) is 23.9 Å². The number of para-hydroxylation sites is 2. The average Bonchev–Trinajstić information content (AvgIpc) is 2.78. The fourth-order valence-corrected chi connectivity index (χ4v) is 4.31. The maximum absolute atomic E-state index is 12.9. The van der Waals surface area contributed by atoms with Crippen molar-refractivity contribution >= 4 is 28.1 Å². The molecule has 6 heteroatoms. The summed E-state index contributed by atoms with van der Waals surface area (Å²) in [6.07, 6.45) is 1.36. The van der Waals surface area contributed by atoms with Crippen LogP contribution in [0.4, 0.5) is 11.4 Å². The predicted octanol–water partition coefficient (Wildman–Crippen LogP) is 4.84. The van der Waals surface area contributed by atoms with Crippen LogP contribution in [0.2, 0.25) is 0 Å². The number of carbonyl (C=O) groups is 1. The number of hydrogen-bond acceptors (Lipinski definition) is 4. The molecule has 4 rings (SSSR count). The van der Waals surface area contributed by atoms with E-state index in [-0.39, 0.29) is 28.5 Å². The zero-order chi connectivity index (χ0) is 21.1. The van der Waals surface area contributed by atoms with Gasteiger partial charge in [0.15, 0.2) is 0 Å². The van der Waals surface area contributed by atoms with Gasteiger partial charge in [-0.1, -0.05) is 54.6 Å². The molecule has 1 aliphatic rings. The van der Waals surface area contributed by atoms with Crippen molar-refractivity contribution in [2.75, 3.05) is 18.0 Å². The Morgan fingerprint density at radius 3 is 2.47 bits per heavy atom. The molecule has 0 saturated carbocycles. The number of nitro benzene ring substituents is 1. The summed E-state index contributed by atoms with van der Waals surface area (Å²) in [6, 6.07) is 21.0. The normalized spacial score (nSPS) is 15.7. The minimum atomic E-state index is -0.347.